The molecule has 6 rings (SSSR count). The summed E-state index contributed by atoms with van der Waals surface area (Å²) in [6.45, 7) is 2.31. The van der Waals surface area contributed by atoms with E-state index in [4.69, 9.17) is 32.9 Å². The molecule has 0 N–H and O–H groups in total. The van der Waals surface area contributed by atoms with Crippen LogP contribution in [0.25, 0.3) is 22.4 Å². The van der Waals surface area contributed by atoms with E-state index in [1.54, 1.807) is 0 Å². The van der Waals surface area contributed by atoms with Gasteiger partial charge >= 0.3 is 0 Å². The van der Waals surface area contributed by atoms with Crippen LogP contribution in [0.15, 0.2) is 60.7 Å². The average molecular weight is 505 g/mol. The summed E-state index contributed by atoms with van der Waals surface area (Å²) < 4.78 is 8.32. The van der Waals surface area contributed by atoms with Crippen LogP contribution in [0.1, 0.15) is 48.5 Å². The van der Waals surface area contributed by atoms with Crippen LogP contribution in [0.3, 0.4) is 0 Å². The number of halogens is 2. The summed E-state index contributed by atoms with van der Waals surface area (Å²) in [6.07, 6.45) is 5.26. The van der Waals surface area contributed by atoms with Crippen LogP contribution in [-0.2, 0) is 13.2 Å². The number of fused-ring (bicyclic) bond motifs is 2. The molecule has 35 heavy (non-hydrogen) atoms. The number of benzene rings is 3. The average Bonchev–Trinajstić information content (AvgIpc) is 3.59. The van der Waals surface area contributed by atoms with E-state index < -0.39 is 5.41 Å². The van der Waals surface area contributed by atoms with Gasteiger partial charge in [-0.05, 0) is 48.9 Å². The first-order valence-electron chi connectivity index (χ1n) is 12.2. The highest BCUT2D eigenvalue weighted by molar-refractivity contribution is 6.45. The molecule has 0 bridgehead atoms. The van der Waals surface area contributed by atoms with Gasteiger partial charge in [-0.25, -0.2) is 4.98 Å². The van der Waals surface area contributed by atoms with Crippen LogP contribution < -0.4 is 4.74 Å². The van der Waals surface area contributed by atoms with Crippen molar-refractivity contribution in [1.82, 2.24) is 9.55 Å². The van der Waals surface area contributed by atoms with Crippen molar-refractivity contribution < 1.29 is 9.53 Å². The van der Waals surface area contributed by atoms with Crippen LogP contribution >= 0.6 is 23.2 Å². The summed E-state index contributed by atoms with van der Waals surface area (Å²) in [7, 11) is 0. The number of aromatic nitrogens is 2. The third kappa shape index (κ3) is 3.66. The fourth-order valence-corrected chi connectivity index (χ4v) is 6.45. The van der Waals surface area contributed by atoms with Crippen molar-refractivity contribution in [3.8, 4) is 17.1 Å². The van der Waals surface area contributed by atoms with E-state index in [9.17, 15) is 4.79 Å². The molecule has 1 aromatic heterocycles. The van der Waals surface area contributed by atoms with Gasteiger partial charge in [-0.3, -0.25) is 9.36 Å². The topological polar surface area (TPSA) is 44.1 Å². The van der Waals surface area contributed by atoms with Gasteiger partial charge in [0, 0.05) is 16.5 Å². The molecule has 0 spiro atoms. The van der Waals surface area contributed by atoms with Crippen molar-refractivity contribution in [3.05, 3.63) is 81.8 Å². The van der Waals surface area contributed by atoms with Crippen LogP contribution in [0.2, 0.25) is 10.0 Å². The highest BCUT2D eigenvalue weighted by Gasteiger charge is 2.49. The largest absolute Gasteiger partial charge is 0.471 e. The minimum absolute atomic E-state index is 0.129. The molecule has 4 nitrogen and oxygen atoms in total. The molecule has 4 aromatic rings. The number of Topliss-reactive ketones (excluding diaryl/α,β-unsaturated/α-hetero) is 1. The number of ketones is 1. The Hall–Kier alpha value is -2.82. The highest BCUT2D eigenvalue weighted by atomic mass is 35.5. The Morgan fingerprint density at radius 1 is 1.03 bits per heavy atom. The van der Waals surface area contributed by atoms with E-state index in [-0.39, 0.29) is 12.5 Å². The first-order chi connectivity index (χ1) is 17.0. The maximum atomic E-state index is 13.5. The minimum atomic E-state index is -0.411. The zero-order valence-electron chi connectivity index (χ0n) is 19.6. The van der Waals surface area contributed by atoms with Crippen molar-refractivity contribution in [2.75, 3.05) is 0 Å². The van der Waals surface area contributed by atoms with Gasteiger partial charge in [-0.1, -0.05) is 85.4 Å². The molecule has 2 aliphatic carbocycles. The number of rotatable bonds is 5. The van der Waals surface area contributed by atoms with Gasteiger partial charge in [0.25, 0.3) is 0 Å². The van der Waals surface area contributed by atoms with E-state index in [1.165, 1.54) is 12.8 Å². The molecule has 1 atom stereocenters. The summed E-state index contributed by atoms with van der Waals surface area (Å²) in [6, 6.07) is 20.0. The van der Waals surface area contributed by atoms with Crippen LogP contribution in [-0.4, -0.2) is 15.3 Å². The molecule has 178 valence electrons. The predicted molar refractivity (Wildman–Crippen MR) is 140 cm³/mol. The van der Waals surface area contributed by atoms with Gasteiger partial charge in [0.1, 0.15) is 16.6 Å². The summed E-state index contributed by atoms with van der Waals surface area (Å²) in [5.41, 5.74) is 3.97. The van der Waals surface area contributed by atoms with Gasteiger partial charge in [-0.2, -0.15) is 0 Å². The van der Waals surface area contributed by atoms with Crippen LogP contribution in [0.5, 0.6) is 5.75 Å². The molecule has 3 aromatic carbocycles. The Balaban J connectivity index is 1.35. The monoisotopic (exact) mass is 504 g/mol. The normalized spacial score (nSPS) is 20.0. The fraction of sp³-hybridized carbons (Fsp3) is 0.310. The van der Waals surface area contributed by atoms with E-state index in [2.05, 4.69) is 6.92 Å². The van der Waals surface area contributed by atoms with Crippen molar-refractivity contribution in [3.63, 3.8) is 0 Å². The molecular formula is C29H26Cl2N2O2. The number of hydrogen-bond donors (Lipinski definition) is 0. The molecule has 0 saturated heterocycles. The number of carbonyl (C=O) groups excluding carboxylic acids is 1. The van der Waals surface area contributed by atoms with Gasteiger partial charge in [0.2, 0.25) is 0 Å². The number of ether oxygens (including phenoxy) is 1. The fourth-order valence-electron chi connectivity index (χ4n) is 5.94. The summed E-state index contributed by atoms with van der Waals surface area (Å²) in [5.74, 6) is 1.84. The Morgan fingerprint density at radius 2 is 1.74 bits per heavy atom. The molecule has 0 aliphatic heterocycles. The molecule has 0 amide bonds. The summed E-state index contributed by atoms with van der Waals surface area (Å²) in [4.78, 5) is 18.3. The van der Waals surface area contributed by atoms with E-state index in [0.29, 0.717) is 33.7 Å². The number of imidazole rings is 1. The first-order valence-corrected chi connectivity index (χ1v) is 12.9. The van der Waals surface area contributed by atoms with Gasteiger partial charge < -0.3 is 4.74 Å². The van der Waals surface area contributed by atoms with Crippen molar-refractivity contribution >= 4 is 40.0 Å². The lowest BCUT2D eigenvalue weighted by atomic mass is 9.73. The zero-order chi connectivity index (χ0) is 24.2. The second kappa shape index (κ2) is 8.69. The lowest BCUT2D eigenvalue weighted by Gasteiger charge is -2.29. The lowest BCUT2D eigenvalue weighted by Crippen LogP contribution is -2.32. The van der Waals surface area contributed by atoms with E-state index in [0.717, 1.165) is 40.8 Å². The molecule has 1 saturated carbocycles. The van der Waals surface area contributed by atoms with Gasteiger partial charge in [-0.15, -0.1) is 0 Å². The third-order valence-electron chi connectivity index (χ3n) is 7.85. The SMILES string of the molecule is CC1(C2CCCC2)Cc2cc(OCn3c(-c4ccccc4)nc4ccccc43)c(Cl)c(Cl)c2C1=O. The first kappa shape index (κ1) is 22.6. The Bertz CT molecular complexity index is 1440. The molecule has 1 unspecified atom stereocenters. The van der Waals surface area contributed by atoms with Crippen molar-refractivity contribution in [1.29, 1.82) is 0 Å². The molecule has 2 aliphatic rings. The Kier molecular flexibility index (Phi) is 5.62. The smallest absolute Gasteiger partial charge is 0.171 e. The van der Waals surface area contributed by atoms with Gasteiger partial charge in [0.05, 0.1) is 16.1 Å². The van der Waals surface area contributed by atoms with Crippen molar-refractivity contribution in [2.45, 2.75) is 45.8 Å². The number of hydrogen-bond acceptors (Lipinski definition) is 3. The summed E-state index contributed by atoms with van der Waals surface area (Å²) >= 11 is 13.4. The highest BCUT2D eigenvalue weighted by Crippen LogP contribution is 2.52. The van der Waals surface area contributed by atoms with E-state index in [1.807, 2.05) is 65.2 Å². The quantitative estimate of drug-likeness (QED) is 0.276. The predicted octanol–water partition coefficient (Wildman–Crippen LogP) is 7.98. The Labute approximate surface area is 214 Å². The van der Waals surface area contributed by atoms with E-state index >= 15 is 0 Å². The zero-order valence-corrected chi connectivity index (χ0v) is 21.1. The summed E-state index contributed by atoms with van der Waals surface area (Å²) in [5, 5.41) is 0.602. The van der Waals surface area contributed by atoms with Crippen LogP contribution in [0.4, 0.5) is 0 Å². The third-order valence-corrected chi connectivity index (χ3v) is 8.70. The van der Waals surface area contributed by atoms with Crippen LogP contribution in [0, 0.1) is 11.3 Å². The number of carbonyl (C=O) groups is 1. The maximum absolute atomic E-state index is 13.5. The maximum Gasteiger partial charge on any atom is 0.171 e. The standard InChI is InChI=1S/C29H26Cl2N2O2/c1-29(20-11-5-6-12-20)16-19-15-23(25(30)26(31)24(19)27(29)34)35-17-33-22-14-8-7-13-21(22)32-28(33)18-9-3-2-4-10-18/h2-4,7-10,13-15,20H,5-6,11-12,16-17H2,1H3. The molecular weight excluding hydrogens is 479 g/mol. The second-order valence-corrected chi connectivity index (χ2v) is 10.7. The molecule has 1 heterocycles. The number of nitrogens with zero attached hydrogens (tertiary/aromatic N) is 2. The molecule has 0 radical (unpaired) electrons. The minimum Gasteiger partial charge on any atom is -0.471 e. The van der Waals surface area contributed by atoms with Gasteiger partial charge in [0.15, 0.2) is 12.5 Å². The molecule has 1 fully saturated rings. The number of para-hydroxylation sites is 2. The lowest BCUT2D eigenvalue weighted by molar-refractivity contribution is 0.0744. The molecule has 6 heteroatoms. The second-order valence-electron chi connectivity index (χ2n) is 9.93. The van der Waals surface area contributed by atoms with Crippen molar-refractivity contribution in [2.24, 2.45) is 11.3 Å². The Morgan fingerprint density at radius 3 is 2.51 bits per heavy atom.